The van der Waals surface area contributed by atoms with Crippen molar-refractivity contribution in [3.63, 3.8) is 0 Å². The highest BCUT2D eigenvalue weighted by Gasteiger charge is 1.72. The minimum Gasteiger partial charge on any atom is -0.315 e. The van der Waals surface area contributed by atoms with Gasteiger partial charge in [0.15, 0.2) is 0 Å². The van der Waals surface area contributed by atoms with E-state index in [4.69, 9.17) is 9.59 Å². The lowest BCUT2D eigenvalue weighted by atomic mass is 9.85. The Hall–Kier alpha value is -0.595. The number of carbonyl (C=O) groups is 2. The molecule has 0 aromatic heterocycles. The molecule has 0 saturated carbocycles. The Labute approximate surface area is 30.4 Å². The molecule has 0 fully saturated rings. The smallest absolute Gasteiger partial charge is 0.281 e. The Morgan fingerprint density at radius 2 is 1.60 bits per heavy atom. The third-order valence-electron chi connectivity index (χ3n) is 0.157. The van der Waals surface area contributed by atoms with E-state index in [2.05, 4.69) is 0 Å². The number of rotatable bonds is 2. The standard InChI is InChI=1S/C2H2BO2/c4-1-3-2-5/h1-2H. The number of carbonyl (C=O) groups excluding carboxylic acids is 2. The maximum absolute atomic E-state index is 9.12. The van der Waals surface area contributed by atoms with Crippen molar-refractivity contribution in [2.24, 2.45) is 0 Å². The first-order valence-electron chi connectivity index (χ1n) is 1.14. The molecule has 0 heterocycles. The Kier molecular flexibility index (Phi) is 3.00. The van der Waals surface area contributed by atoms with Crippen LogP contribution in [0.25, 0.3) is 0 Å². The molecule has 1 radical (unpaired) electrons. The van der Waals surface area contributed by atoms with Crippen LogP contribution < -0.4 is 0 Å². The van der Waals surface area contributed by atoms with Gasteiger partial charge in [0, 0.05) is 0 Å². The maximum atomic E-state index is 9.12. The van der Waals surface area contributed by atoms with Crippen molar-refractivity contribution in [1.82, 2.24) is 0 Å². The molecule has 25 valence electrons. The summed E-state index contributed by atoms with van der Waals surface area (Å²) in [5.41, 5.74) is 0. The van der Waals surface area contributed by atoms with Crippen LogP contribution in [0.3, 0.4) is 0 Å². The highest BCUT2D eigenvalue weighted by atomic mass is 16.1. The van der Waals surface area contributed by atoms with E-state index in [1.54, 1.807) is 0 Å². The van der Waals surface area contributed by atoms with E-state index in [9.17, 15) is 0 Å². The minimum absolute atomic E-state index is 0.438. The molecule has 0 amide bonds. The lowest BCUT2D eigenvalue weighted by Crippen LogP contribution is -1.89. The fourth-order valence-electron chi connectivity index (χ4n) is 0.0321. The molecule has 5 heavy (non-hydrogen) atoms. The summed E-state index contributed by atoms with van der Waals surface area (Å²) in [5.74, 6) is 0. The van der Waals surface area contributed by atoms with Crippen molar-refractivity contribution >= 4 is 19.7 Å². The van der Waals surface area contributed by atoms with E-state index >= 15 is 0 Å². The molecule has 0 aromatic rings. The summed E-state index contributed by atoms with van der Waals surface area (Å²) in [4.78, 5) is 18.2. The molecule has 0 aliphatic carbocycles. The normalized spacial score (nSPS) is 5.60. The fourth-order valence-corrected chi connectivity index (χ4v) is 0.0321. The third kappa shape index (κ3) is 3.40. The zero-order valence-corrected chi connectivity index (χ0v) is 2.55. The van der Waals surface area contributed by atoms with Gasteiger partial charge in [-0.15, -0.1) is 0 Å². The zero-order chi connectivity index (χ0) is 4.12. The van der Waals surface area contributed by atoms with E-state index in [0.29, 0.717) is 12.4 Å². The number of hydrogen-bond acceptors (Lipinski definition) is 2. The molecule has 0 aliphatic heterocycles. The monoisotopic (exact) mass is 69.0 g/mol. The van der Waals surface area contributed by atoms with Crippen LogP contribution in [0.4, 0.5) is 0 Å². The van der Waals surface area contributed by atoms with E-state index in [1.807, 2.05) is 0 Å². The van der Waals surface area contributed by atoms with E-state index < -0.39 is 0 Å². The summed E-state index contributed by atoms with van der Waals surface area (Å²) in [6.07, 6.45) is 0.875. The lowest BCUT2D eigenvalue weighted by Gasteiger charge is -1.48. The van der Waals surface area contributed by atoms with Crippen LogP contribution in [0, 0.1) is 0 Å². The van der Waals surface area contributed by atoms with Crippen molar-refractivity contribution in [2.45, 2.75) is 0 Å². The first-order chi connectivity index (χ1) is 2.41. The second kappa shape index (κ2) is 3.40. The fraction of sp³-hybridized carbons (Fsp3) is 0. The molecule has 2 nitrogen and oxygen atoms in total. The lowest BCUT2D eigenvalue weighted by molar-refractivity contribution is 0.564. The second-order valence-corrected chi connectivity index (χ2v) is 0.465. The van der Waals surface area contributed by atoms with Crippen LogP contribution in [-0.4, -0.2) is 19.7 Å². The molecule has 0 rings (SSSR count). The average Bonchev–Trinajstić information content (AvgIpc) is 1.41. The van der Waals surface area contributed by atoms with Gasteiger partial charge in [0.25, 0.3) is 7.28 Å². The van der Waals surface area contributed by atoms with Crippen molar-refractivity contribution in [1.29, 1.82) is 0 Å². The highest BCUT2D eigenvalue weighted by Crippen LogP contribution is 1.28. The first-order valence-corrected chi connectivity index (χ1v) is 1.14. The van der Waals surface area contributed by atoms with Gasteiger partial charge in [-0.3, -0.25) is 0 Å². The van der Waals surface area contributed by atoms with Crippen molar-refractivity contribution in [2.75, 3.05) is 0 Å². The summed E-state index contributed by atoms with van der Waals surface area (Å²) in [5, 5.41) is 0. The van der Waals surface area contributed by atoms with Crippen molar-refractivity contribution in [3.8, 4) is 0 Å². The Balaban J connectivity index is 2.65. The van der Waals surface area contributed by atoms with Gasteiger partial charge in [0.05, 0.1) is 12.4 Å². The molecule has 0 bridgehead atoms. The first kappa shape index (κ1) is 4.40. The third-order valence-corrected chi connectivity index (χ3v) is 0.157. The summed E-state index contributed by atoms with van der Waals surface area (Å²) in [6, 6.07) is 0. The van der Waals surface area contributed by atoms with E-state index in [1.165, 1.54) is 0 Å². The molecule has 0 atom stereocenters. The molecule has 3 heteroatoms. The molecule has 0 aromatic carbocycles. The zero-order valence-electron chi connectivity index (χ0n) is 2.55. The summed E-state index contributed by atoms with van der Waals surface area (Å²) in [6.45, 7) is 0. The van der Waals surface area contributed by atoms with E-state index in [0.717, 1.165) is 7.28 Å². The summed E-state index contributed by atoms with van der Waals surface area (Å²) >= 11 is 0. The molecule has 0 aliphatic rings. The van der Waals surface area contributed by atoms with Gasteiger partial charge in [-0.1, -0.05) is 0 Å². The minimum atomic E-state index is 0.438. The molecule has 0 saturated heterocycles. The van der Waals surface area contributed by atoms with Crippen LogP contribution >= 0.6 is 0 Å². The molecule has 0 spiro atoms. The van der Waals surface area contributed by atoms with Crippen LogP contribution in [0.5, 0.6) is 0 Å². The second-order valence-electron chi connectivity index (χ2n) is 0.465. The molecule has 0 unspecified atom stereocenters. The summed E-state index contributed by atoms with van der Waals surface area (Å²) < 4.78 is 0. The van der Waals surface area contributed by atoms with Crippen molar-refractivity contribution < 1.29 is 9.59 Å². The average molecular weight is 68.8 g/mol. The van der Waals surface area contributed by atoms with Gasteiger partial charge in [-0.25, -0.2) is 0 Å². The van der Waals surface area contributed by atoms with Crippen LogP contribution in [-0.2, 0) is 9.59 Å². The Bertz CT molecular complexity index is 36.9. The van der Waals surface area contributed by atoms with Gasteiger partial charge in [0.2, 0.25) is 0 Å². The largest absolute Gasteiger partial charge is 0.315 e. The van der Waals surface area contributed by atoms with Crippen molar-refractivity contribution in [3.05, 3.63) is 0 Å². The van der Waals surface area contributed by atoms with Crippen LogP contribution in [0.1, 0.15) is 0 Å². The predicted octanol–water partition coefficient (Wildman–Crippen LogP) is -0.929. The van der Waals surface area contributed by atoms with E-state index in [-0.39, 0.29) is 0 Å². The molecular weight excluding hydrogens is 66.8 g/mol. The maximum Gasteiger partial charge on any atom is 0.281 e. The quantitative estimate of drug-likeness (QED) is 0.310. The van der Waals surface area contributed by atoms with Crippen LogP contribution in [0.15, 0.2) is 0 Å². The Morgan fingerprint density at radius 1 is 1.20 bits per heavy atom. The summed E-state index contributed by atoms with van der Waals surface area (Å²) in [7, 11) is 0.889. The molecular formula is C2H2BO2. The van der Waals surface area contributed by atoms with Gasteiger partial charge in [-0.2, -0.15) is 0 Å². The topological polar surface area (TPSA) is 34.1 Å². The predicted molar refractivity (Wildman–Crippen MR) is 19.3 cm³/mol. The number of hydrogen-bond donors (Lipinski definition) is 0. The van der Waals surface area contributed by atoms with Crippen LogP contribution in [0.2, 0.25) is 0 Å². The molecule has 0 N–H and O–H groups in total. The SMILES string of the molecule is O=C[B]C=O. The van der Waals surface area contributed by atoms with Gasteiger partial charge >= 0.3 is 0 Å². The van der Waals surface area contributed by atoms with Gasteiger partial charge in [-0.05, 0) is 0 Å². The Morgan fingerprint density at radius 3 is 1.60 bits per heavy atom. The van der Waals surface area contributed by atoms with Gasteiger partial charge in [0.1, 0.15) is 0 Å². The highest BCUT2D eigenvalue weighted by molar-refractivity contribution is 6.87. The van der Waals surface area contributed by atoms with Gasteiger partial charge < -0.3 is 9.59 Å².